The normalized spacial score (nSPS) is 11.8. The number of aliphatic hydroxyl groups is 1. The molecule has 122 valence electrons. The van der Waals surface area contributed by atoms with Crippen molar-refractivity contribution < 1.29 is 24.4 Å². The standard InChI is InChI=1S/C13H18N2O7/c1-3-4-5-6-13(16)22-12-8-10(15(19)20)9(14(17)18)7-11(12)21-2/h7-8,13,16H,3-6H2,1-2H3. The van der Waals surface area contributed by atoms with Crippen molar-refractivity contribution in [3.05, 3.63) is 32.4 Å². The summed E-state index contributed by atoms with van der Waals surface area (Å²) in [6.07, 6.45) is 1.80. The molecule has 0 aliphatic carbocycles. The molecule has 9 nitrogen and oxygen atoms in total. The van der Waals surface area contributed by atoms with Gasteiger partial charge < -0.3 is 14.6 Å². The highest BCUT2D eigenvalue weighted by atomic mass is 16.6. The van der Waals surface area contributed by atoms with Gasteiger partial charge in [-0.1, -0.05) is 19.8 Å². The molecule has 0 heterocycles. The second-order valence-electron chi connectivity index (χ2n) is 4.57. The molecule has 0 aliphatic rings. The van der Waals surface area contributed by atoms with Crippen molar-refractivity contribution in [2.24, 2.45) is 0 Å². The van der Waals surface area contributed by atoms with Gasteiger partial charge in [0.15, 0.2) is 17.8 Å². The Balaban J connectivity index is 3.05. The van der Waals surface area contributed by atoms with E-state index in [9.17, 15) is 25.3 Å². The van der Waals surface area contributed by atoms with Crippen molar-refractivity contribution in [3.63, 3.8) is 0 Å². The average Bonchev–Trinajstić information content (AvgIpc) is 2.46. The molecule has 0 bridgehead atoms. The minimum atomic E-state index is -1.17. The fraction of sp³-hybridized carbons (Fsp3) is 0.538. The van der Waals surface area contributed by atoms with Gasteiger partial charge in [-0.25, -0.2) is 0 Å². The first-order valence-electron chi connectivity index (χ1n) is 6.76. The molecule has 0 aliphatic heterocycles. The van der Waals surface area contributed by atoms with Gasteiger partial charge in [0.25, 0.3) is 0 Å². The minimum Gasteiger partial charge on any atom is -0.493 e. The van der Waals surface area contributed by atoms with Crippen LogP contribution in [0.2, 0.25) is 0 Å². The van der Waals surface area contributed by atoms with Gasteiger partial charge in [0.1, 0.15) is 0 Å². The highest BCUT2D eigenvalue weighted by molar-refractivity contribution is 5.62. The van der Waals surface area contributed by atoms with Gasteiger partial charge in [-0.15, -0.1) is 0 Å². The van der Waals surface area contributed by atoms with E-state index in [1.807, 2.05) is 6.92 Å². The number of nitro groups is 2. The summed E-state index contributed by atoms with van der Waals surface area (Å²) in [5.41, 5.74) is -1.42. The number of hydrogen-bond donors (Lipinski definition) is 1. The molecular formula is C13H18N2O7. The summed E-state index contributed by atoms with van der Waals surface area (Å²) in [6.45, 7) is 2.01. The Bertz CT molecular complexity index is 547. The first kappa shape index (κ1) is 17.6. The Morgan fingerprint density at radius 3 is 2.14 bits per heavy atom. The van der Waals surface area contributed by atoms with Crippen LogP contribution in [0.4, 0.5) is 11.4 Å². The van der Waals surface area contributed by atoms with Crippen LogP contribution in [-0.4, -0.2) is 28.4 Å². The van der Waals surface area contributed by atoms with E-state index in [0.29, 0.717) is 6.42 Å². The van der Waals surface area contributed by atoms with E-state index >= 15 is 0 Å². The number of nitrogens with zero attached hydrogens (tertiary/aromatic N) is 2. The van der Waals surface area contributed by atoms with Crippen molar-refractivity contribution in [3.8, 4) is 11.5 Å². The highest BCUT2D eigenvalue weighted by Gasteiger charge is 2.28. The minimum absolute atomic E-state index is 0.0492. The summed E-state index contributed by atoms with van der Waals surface area (Å²) in [5.74, 6) is -0.157. The maximum Gasteiger partial charge on any atom is 0.350 e. The summed E-state index contributed by atoms with van der Waals surface area (Å²) in [6, 6.07) is 1.80. The number of rotatable bonds is 9. The zero-order chi connectivity index (χ0) is 16.7. The molecule has 22 heavy (non-hydrogen) atoms. The monoisotopic (exact) mass is 314 g/mol. The Hall–Kier alpha value is -2.42. The molecule has 1 rings (SSSR count). The van der Waals surface area contributed by atoms with Crippen LogP contribution in [0.1, 0.15) is 32.6 Å². The lowest BCUT2D eigenvalue weighted by molar-refractivity contribution is -0.422. The molecule has 1 aromatic carbocycles. The zero-order valence-electron chi connectivity index (χ0n) is 12.4. The van der Waals surface area contributed by atoms with Crippen LogP contribution in [0.15, 0.2) is 12.1 Å². The van der Waals surface area contributed by atoms with E-state index < -0.39 is 27.5 Å². The van der Waals surface area contributed by atoms with E-state index in [2.05, 4.69) is 0 Å². The van der Waals surface area contributed by atoms with Gasteiger partial charge in [0, 0.05) is 6.42 Å². The zero-order valence-corrected chi connectivity index (χ0v) is 12.4. The van der Waals surface area contributed by atoms with Crippen LogP contribution in [0, 0.1) is 20.2 Å². The van der Waals surface area contributed by atoms with Crippen LogP contribution < -0.4 is 9.47 Å². The Morgan fingerprint density at radius 1 is 1.14 bits per heavy atom. The molecule has 0 saturated carbocycles. The molecule has 0 amide bonds. The van der Waals surface area contributed by atoms with Crippen molar-refractivity contribution in [1.82, 2.24) is 0 Å². The quantitative estimate of drug-likeness (QED) is 0.321. The number of unbranched alkanes of at least 4 members (excludes halogenated alkanes) is 2. The van der Waals surface area contributed by atoms with Gasteiger partial charge >= 0.3 is 11.4 Å². The van der Waals surface area contributed by atoms with Crippen molar-refractivity contribution in [1.29, 1.82) is 0 Å². The van der Waals surface area contributed by atoms with Crippen LogP contribution in [0.3, 0.4) is 0 Å². The SMILES string of the molecule is CCCCCC(O)Oc1cc([N+](=O)[O-])c([N+](=O)[O-])cc1OC. The Morgan fingerprint density at radius 2 is 1.68 bits per heavy atom. The van der Waals surface area contributed by atoms with E-state index in [1.165, 1.54) is 7.11 Å². The third-order valence-corrected chi connectivity index (χ3v) is 2.97. The van der Waals surface area contributed by atoms with Crippen molar-refractivity contribution >= 4 is 11.4 Å². The van der Waals surface area contributed by atoms with Gasteiger partial charge in [0.05, 0.1) is 29.1 Å². The summed E-state index contributed by atoms with van der Waals surface area (Å²) in [4.78, 5) is 20.0. The third-order valence-electron chi connectivity index (χ3n) is 2.97. The van der Waals surface area contributed by atoms with E-state index in [-0.39, 0.29) is 11.5 Å². The molecule has 0 aromatic heterocycles. The summed E-state index contributed by atoms with van der Waals surface area (Å²) in [5, 5.41) is 31.6. The van der Waals surface area contributed by atoms with Gasteiger partial charge in [-0.2, -0.15) is 0 Å². The molecule has 0 radical (unpaired) electrons. The van der Waals surface area contributed by atoms with E-state index in [0.717, 1.165) is 31.4 Å². The number of nitro benzene ring substituents is 2. The number of benzene rings is 1. The predicted molar refractivity (Wildman–Crippen MR) is 77.1 cm³/mol. The fourth-order valence-electron chi connectivity index (χ4n) is 1.86. The van der Waals surface area contributed by atoms with Crippen molar-refractivity contribution in [2.75, 3.05) is 7.11 Å². The molecule has 0 spiro atoms. The summed E-state index contributed by atoms with van der Waals surface area (Å²) in [7, 11) is 1.25. The fourth-order valence-corrected chi connectivity index (χ4v) is 1.86. The molecule has 1 aromatic rings. The lowest BCUT2D eigenvalue weighted by Crippen LogP contribution is -2.16. The number of aliphatic hydroxyl groups excluding tert-OH is 1. The summed E-state index contributed by atoms with van der Waals surface area (Å²) >= 11 is 0. The molecule has 1 unspecified atom stereocenters. The van der Waals surface area contributed by atoms with Crippen LogP contribution in [0.25, 0.3) is 0 Å². The third kappa shape index (κ3) is 4.55. The first-order chi connectivity index (χ1) is 10.4. The molecule has 1 N–H and O–H groups in total. The molecule has 0 fully saturated rings. The maximum absolute atomic E-state index is 10.9. The number of methoxy groups -OCH3 is 1. The number of hydrogen-bond acceptors (Lipinski definition) is 7. The lowest BCUT2D eigenvalue weighted by atomic mass is 10.2. The van der Waals surface area contributed by atoms with Crippen LogP contribution >= 0.6 is 0 Å². The topological polar surface area (TPSA) is 125 Å². The van der Waals surface area contributed by atoms with E-state index in [4.69, 9.17) is 9.47 Å². The number of ether oxygens (including phenoxy) is 2. The maximum atomic E-state index is 10.9. The average molecular weight is 314 g/mol. The second-order valence-corrected chi connectivity index (χ2v) is 4.57. The van der Waals surface area contributed by atoms with Crippen LogP contribution in [-0.2, 0) is 0 Å². The Labute approximate surface area is 126 Å². The van der Waals surface area contributed by atoms with Gasteiger partial charge in [-0.05, 0) is 6.42 Å². The van der Waals surface area contributed by atoms with Crippen LogP contribution in [0.5, 0.6) is 11.5 Å². The molecule has 1 atom stereocenters. The molecular weight excluding hydrogens is 296 g/mol. The largest absolute Gasteiger partial charge is 0.493 e. The lowest BCUT2D eigenvalue weighted by Gasteiger charge is -2.15. The van der Waals surface area contributed by atoms with Gasteiger partial charge in [0.2, 0.25) is 0 Å². The van der Waals surface area contributed by atoms with Gasteiger partial charge in [-0.3, -0.25) is 20.2 Å². The molecule has 9 heteroatoms. The smallest absolute Gasteiger partial charge is 0.350 e. The highest BCUT2D eigenvalue weighted by Crippen LogP contribution is 2.39. The predicted octanol–water partition coefficient (Wildman–Crippen LogP) is 2.79. The first-order valence-corrected chi connectivity index (χ1v) is 6.76. The second kappa shape index (κ2) is 8.13. The molecule has 0 saturated heterocycles. The Kier molecular flexibility index (Phi) is 6.51. The van der Waals surface area contributed by atoms with Crippen molar-refractivity contribution in [2.45, 2.75) is 38.9 Å². The summed E-state index contributed by atoms with van der Waals surface area (Å²) < 4.78 is 10.1. The van der Waals surface area contributed by atoms with E-state index in [1.54, 1.807) is 0 Å².